The summed E-state index contributed by atoms with van der Waals surface area (Å²) >= 11 is 0. The highest BCUT2D eigenvalue weighted by Gasteiger charge is 2.25. The third-order valence-electron chi connectivity index (χ3n) is 5.69. The highest BCUT2D eigenvalue weighted by atomic mass is 16.7. The second kappa shape index (κ2) is 11.9. The van der Waals surface area contributed by atoms with Crippen molar-refractivity contribution >= 4 is 23.7 Å². The number of nitrogens with zero attached hydrogens (tertiary/aromatic N) is 2. The third-order valence-corrected chi connectivity index (χ3v) is 5.69. The molecule has 11 heteroatoms. The van der Waals surface area contributed by atoms with Crippen molar-refractivity contribution in [2.75, 3.05) is 6.79 Å². The second-order valence-electron chi connectivity index (χ2n) is 8.78. The molecule has 0 spiro atoms. The summed E-state index contributed by atoms with van der Waals surface area (Å²) < 4.78 is 16.3. The molecule has 196 valence electrons. The van der Waals surface area contributed by atoms with E-state index < -0.39 is 22.8 Å². The van der Waals surface area contributed by atoms with Crippen molar-refractivity contribution in [3.8, 4) is 17.2 Å². The lowest BCUT2D eigenvalue weighted by Gasteiger charge is -2.20. The van der Waals surface area contributed by atoms with Gasteiger partial charge in [-0.1, -0.05) is 13.8 Å². The Bertz CT molecular complexity index is 1340. The van der Waals surface area contributed by atoms with E-state index in [0.717, 1.165) is 11.1 Å². The molecule has 0 bridgehead atoms. The van der Waals surface area contributed by atoms with Gasteiger partial charge in [-0.25, -0.2) is 5.43 Å². The van der Waals surface area contributed by atoms with E-state index in [2.05, 4.69) is 15.8 Å². The fraction of sp³-hybridized carbons (Fsp3) is 0.222. The number of nitro benzene ring substituents is 1. The second-order valence-corrected chi connectivity index (χ2v) is 8.78. The minimum atomic E-state index is -0.805. The van der Waals surface area contributed by atoms with Gasteiger partial charge in [0.1, 0.15) is 18.4 Å². The summed E-state index contributed by atoms with van der Waals surface area (Å²) in [7, 11) is 0. The van der Waals surface area contributed by atoms with Crippen LogP contribution in [0.1, 0.15) is 35.3 Å². The van der Waals surface area contributed by atoms with Crippen molar-refractivity contribution in [2.45, 2.75) is 26.5 Å². The Morgan fingerprint density at radius 3 is 2.45 bits per heavy atom. The lowest BCUT2D eigenvalue weighted by molar-refractivity contribution is -0.384. The maximum absolute atomic E-state index is 12.7. The zero-order valence-corrected chi connectivity index (χ0v) is 20.7. The number of ether oxygens (including phenoxy) is 3. The van der Waals surface area contributed by atoms with Gasteiger partial charge < -0.3 is 19.5 Å². The standard InChI is InChI=1S/C27H26N4O7/c1-17(2)25(29-26(32)20-7-12-23-24(13-20)38-16-37-23)27(33)30-28-14-18-5-10-22(11-6-18)36-15-19-3-8-21(9-4-19)31(34)35/h3-14,17,25H,15-16H2,1-2H3,(H,29,32)(H,30,33)/b28-14+. The Labute approximate surface area is 218 Å². The minimum Gasteiger partial charge on any atom is -0.489 e. The maximum Gasteiger partial charge on any atom is 0.269 e. The van der Waals surface area contributed by atoms with Crippen LogP contribution >= 0.6 is 0 Å². The van der Waals surface area contributed by atoms with Crippen molar-refractivity contribution in [2.24, 2.45) is 11.0 Å². The van der Waals surface area contributed by atoms with E-state index in [1.54, 1.807) is 54.6 Å². The van der Waals surface area contributed by atoms with Crippen LogP contribution in [0.4, 0.5) is 5.69 Å². The van der Waals surface area contributed by atoms with Gasteiger partial charge in [-0.3, -0.25) is 19.7 Å². The molecule has 0 fully saturated rings. The van der Waals surface area contributed by atoms with E-state index in [-0.39, 0.29) is 25.0 Å². The Morgan fingerprint density at radius 2 is 1.76 bits per heavy atom. The molecule has 2 N–H and O–H groups in total. The van der Waals surface area contributed by atoms with Gasteiger partial charge in [0.25, 0.3) is 17.5 Å². The van der Waals surface area contributed by atoms with E-state index in [1.807, 2.05) is 13.8 Å². The van der Waals surface area contributed by atoms with Gasteiger partial charge >= 0.3 is 0 Å². The van der Waals surface area contributed by atoms with Gasteiger partial charge in [0.05, 0.1) is 11.1 Å². The fourth-order valence-corrected chi connectivity index (χ4v) is 3.57. The molecule has 0 saturated carbocycles. The number of hydrogen-bond acceptors (Lipinski definition) is 8. The number of rotatable bonds is 10. The minimum absolute atomic E-state index is 0.0243. The lowest BCUT2D eigenvalue weighted by Crippen LogP contribution is -2.48. The molecule has 4 rings (SSSR count). The average molecular weight is 519 g/mol. The SMILES string of the molecule is CC(C)C(NC(=O)c1ccc2c(c1)OCO2)C(=O)N/N=C/c1ccc(OCc2ccc([N+](=O)[O-])cc2)cc1. The predicted molar refractivity (Wildman–Crippen MR) is 138 cm³/mol. The highest BCUT2D eigenvalue weighted by Crippen LogP contribution is 2.32. The summed E-state index contributed by atoms with van der Waals surface area (Å²) in [5.41, 5.74) is 4.38. The van der Waals surface area contributed by atoms with E-state index in [0.29, 0.717) is 22.8 Å². The summed E-state index contributed by atoms with van der Waals surface area (Å²) in [6.45, 7) is 4.01. The molecule has 38 heavy (non-hydrogen) atoms. The van der Waals surface area contributed by atoms with Crippen LogP contribution in [-0.2, 0) is 11.4 Å². The van der Waals surface area contributed by atoms with Gasteiger partial charge in [-0.05, 0) is 71.6 Å². The molecule has 1 aliphatic rings. The van der Waals surface area contributed by atoms with Crippen LogP contribution < -0.4 is 25.0 Å². The fourth-order valence-electron chi connectivity index (χ4n) is 3.57. The number of benzene rings is 3. The van der Waals surface area contributed by atoms with Crippen molar-refractivity contribution in [3.63, 3.8) is 0 Å². The summed E-state index contributed by atoms with van der Waals surface area (Å²) in [5, 5.41) is 17.5. The van der Waals surface area contributed by atoms with E-state index >= 15 is 0 Å². The molecule has 0 aromatic heterocycles. The normalized spacial score (nSPS) is 12.8. The van der Waals surface area contributed by atoms with Crippen LogP contribution in [0.5, 0.6) is 17.2 Å². The first-order chi connectivity index (χ1) is 18.3. The van der Waals surface area contributed by atoms with E-state index in [1.165, 1.54) is 18.3 Å². The number of nitro groups is 1. The number of amides is 2. The van der Waals surface area contributed by atoms with Gasteiger partial charge in [0.15, 0.2) is 11.5 Å². The van der Waals surface area contributed by atoms with Gasteiger partial charge in [0, 0.05) is 17.7 Å². The Morgan fingerprint density at radius 1 is 1.05 bits per heavy atom. The van der Waals surface area contributed by atoms with E-state index in [4.69, 9.17) is 14.2 Å². The molecule has 1 atom stereocenters. The molecule has 11 nitrogen and oxygen atoms in total. The Hall–Kier alpha value is -4.93. The molecule has 0 aliphatic carbocycles. The van der Waals surface area contributed by atoms with Crippen molar-refractivity contribution in [3.05, 3.63) is 93.5 Å². The number of carbonyl (C=O) groups excluding carboxylic acids is 2. The van der Waals surface area contributed by atoms with Crippen molar-refractivity contribution in [1.29, 1.82) is 0 Å². The molecule has 2 amide bonds. The molecular weight excluding hydrogens is 492 g/mol. The summed E-state index contributed by atoms with van der Waals surface area (Å²) in [6.07, 6.45) is 1.48. The first-order valence-electron chi connectivity index (χ1n) is 11.8. The number of non-ortho nitro benzene ring substituents is 1. The van der Waals surface area contributed by atoms with E-state index in [9.17, 15) is 19.7 Å². The first kappa shape index (κ1) is 26.1. The molecule has 1 unspecified atom stereocenters. The smallest absolute Gasteiger partial charge is 0.269 e. The number of fused-ring (bicyclic) bond motifs is 1. The van der Waals surface area contributed by atoms with Gasteiger partial charge in [0.2, 0.25) is 6.79 Å². The summed E-state index contributed by atoms with van der Waals surface area (Å²) in [4.78, 5) is 35.7. The largest absolute Gasteiger partial charge is 0.489 e. The maximum atomic E-state index is 12.7. The quantitative estimate of drug-likeness (QED) is 0.236. The zero-order chi connectivity index (χ0) is 27.1. The third kappa shape index (κ3) is 6.64. The average Bonchev–Trinajstić information content (AvgIpc) is 3.39. The van der Waals surface area contributed by atoms with Crippen LogP contribution in [0.2, 0.25) is 0 Å². The van der Waals surface area contributed by atoms with Crippen LogP contribution in [0.3, 0.4) is 0 Å². The molecule has 1 aliphatic heterocycles. The van der Waals surface area contributed by atoms with Crippen LogP contribution in [0, 0.1) is 16.0 Å². The van der Waals surface area contributed by atoms with Crippen LogP contribution in [-0.4, -0.2) is 35.8 Å². The topological polar surface area (TPSA) is 141 Å². The first-order valence-corrected chi connectivity index (χ1v) is 11.8. The van der Waals surface area contributed by atoms with Gasteiger partial charge in [-0.15, -0.1) is 0 Å². The number of carbonyl (C=O) groups is 2. The predicted octanol–water partition coefficient (Wildman–Crippen LogP) is 3.81. The summed E-state index contributed by atoms with van der Waals surface area (Å²) in [6, 6.07) is 17.2. The van der Waals surface area contributed by atoms with Gasteiger partial charge in [-0.2, -0.15) is 5.10 Å². The molecule has 3 aromatic rings. The Balaban J connectivity index is 1.28. The summed E-state index contributed by atoms with van der Waals surface area (Å²) in [5.74, 6) is 0.610. The molecular formula is C27H26N4O7. The number of nitrogens with one attached hydrogen (secondary N) is 2. The lowest BCUT2D eigenvalue weighted by atomic mass is 10.0. The van der Waals surface area contributed by atoms with Crippen molar-refractivity contribution < 1.29 is 28.7 Å². The Kier molecular flexibility index (Phi) is 8.17. The monoisotopic (exact) mass is 518 g/mol. The van der Waals surface area contributed by atoms with Crippen molar-refractivity contribution in [1.82, 2.24) is 10.7 Å². The molecule has 0 saturated heterocycles. The van der Waals surface area contributed by atoms with Crippen LogP contribution in [0.15, 0.2) is 71.8 Å². The molecule has 0 radical (unpaired) electrons. The number of hydrazone groups is 1. The zero-order valence-electron chi connectivity index (χ0n) is 20.7. The highest BCUT2D eigenvalue weighted by molar-refractivity contribution is 5.98. The number of hydrogen-bond donors (Lipinski definition) is 2. The molecule has 3 aromatic carbocycles. The molecule has 1 heterocycles. The van der Waals surface area contributed by atoms with Crippen LogP contribution in [0.25, 0.3) is 0 Å².